The predicted octanol–water partition coefficient (Wildman–Crippen LogP) is 0.647. The molecule has 0 saturated heterocycles. The minimum absolute atomic E-state index is 0.317. The van der Waals surface area contributed by atoms with Crippen LogP contribution in [-0.2, 0) is 7.05 Å². The van der Waals surface area contributed by atoms with Crippen LogP contribution in [0.25, 0.3) is 0 Å². The Morgan fingerprint density at radius 3 is 2.82 bits per heavy atom. The summed E-state index contributed by atoms with van der Waals surface area (Å²) in [6.45, 7) is 0. The van der Waals surface area contributed by atoms with Crippen molar-refractivity contribution in [2.24, 2.45) is 12.8 Å². The lowest BCUT2D eigenvalue weighted by Crippen LogP contribution is -2.13. The molecule has 1 amide bonds. The van der Waals surface area contributed by atoms with Gasteiger partial charge in [0.05, 0.1) is 11.3 Å². The lowest BCUT2D eigenvalue weighted by molar-refractivity contribution is 0.100. The van der Waals surface area contributed by atoms with Crippen LogP contribution in [-0.4, -0.2) is 20.7 Å². The van der Waals surface area contributed by atoms with Crippen LogP contribution in [0.5, 0.6) is 0 Å². The van der Waals surface area contributed by atoms with Crippen molar-refractivity contribution in [3.8, 4) is 0 Å². The van der Waals surface area contributed by atoms with Crippen LogP contribution in [0.15, 0.2) is 34.6 Å². The van der Waals surface area contributed by atoms with Crippen LogP contribution < -0.4 is 11.5 Å². The lowest BCUT2D eigenvalue weighted by atomic mass is 10.2. The highest BCUT2D eigenvalue weighted by molar-refractivity contribution is 7.99. The number of hydrogen-bond acceptors (Lipinski definition) is 5. The number of amides is 1. The number of nitrogens with two attached hydrogens (primary N) is 2. The van der Waals surface area contributed by atoms with Crippen molar-refractivity contribution < 1.29 is 4.79 Å². The van der Waals surface area contributed by atoms with Crippen LogP contribution in [0.3, 0.4) is 0 Å². The monoisotopic (exact) mass is 249 g/mol. The van der Waals surface area contributed by atoms with E-state index in [0.29, 0.717) is 16.4 Å². The molecule has 2 rings (SSSR count). The molecule has 0 aliphatic carbocycles. The Balaban J connectivity index is 2.37. The fourth-order valence-electron chi connectivity index (χ4n) is 1.32. The molecule has 0 radical (unpaired) electrons. The van der Waals surface area contributed by atoms with E-state index < -0.39 is 5.91 Å². The number of primary amides is 1. The fraction of sp³-hybridized carbons (Fsp3) is 0.100. The first-order chi connectivity index (χ1) is 8.09. The topological polar surface area (TPSA) is 99.8 Å². The molecule has 1 aromatic heterocycles. The third-order valence-electron chi connectivity index (χ3n) is 2.20. The summed E-state index contributed by atoms with van der Waals surface area (Å²) in [5.74, 6) is -0.539. The first-order valence-corrected chi connectivity index (χ1v) is 5.61. The van der Waals surface area contributed by atoms with Crippen LogP contribution in [0.2, 0.25) is 0 Å². The Morgan fingerprint density at radius 2 is 2.24 bits per heavy atom. The van der Waals surface area contributed by atoms with E-state index in [1.807, 2.05) is 0 Å². The molecule has 0 aliphatic rings. The quantitative estimate of drug-likeness (QED) is 0.778. The second-order valence-corrected chi connectivity index (χ2v) is 4.36. The van der Waals surface area contributed by atoms with Gasteiger partial charge >= 0.3 is 0 Å². The highest BCUT2D eigenvalue weighted by Gasteiger charge is 2.12. The summed E-state index contributed by atoms with van der Waals surface area (Å²) >= 11 is 1.34. The first-order valence-electron chi connectivity index (χ1n) is 4.79. The third-order valence-corrected chi connectivity index (χ3v) is 3.33. The number of rotatable bonds is 3. The molecule has 1 heterocycles. The number of para-hydroxylation sites is 1. The van der Waals surface area contributed by atoms with Crippen molar-refractivity contribution in [2.75, 3.05) is 5.73 Å². The lowest BCUT2D eigenvalue weighted by Gasteiger charge is -2.07. The highest BCUT2D eigenvalue weighted by Crippen LogP contribution is 2.31. The van der Waals surface area contributed by atoms with E-state index >= 15 is 0 Å². The maximum absolute atomic E-state index is 11.1. The predicted molar refractivity (Wildman–Crippen MR) is 64.5 cm³/mol. The van der Waals surface area contributed by atoms with E-state index in [1.54, 1.807) is 29.9 Å². The summed E-state index contributed by atoms with van der Waals surface area (Å²) in [5, 5.41) is 4.65. The second-order valence-electron chi connectivity index (χ2n) is 3.35. The van der Waals surface area contributed by atoms with Gasteiger partial charge in [-0.2, -0.15) is 5.10 Å². The van der Waals surface area contributed by atoms with Gasteiger partial charge in [-0.05, 0) is 23.9 Å². The number of nitrogen functional groups attached to an aromatic ring is 1. The summed E-state index contributed by atoms with van der Waals surface area (Å²) in [6, 6.07) is 5.13. The fourth-order valence-corrected chi connectivity index (χ4v) is 2.17. The van der Waals surface area contributed by atoms with Crippen LogP contribution in [0, 0.1) is 0 Å². The van der Waals surface area contributed by atoms with Crippen molar-refractivity contribution in [3.05, 3.63) is 30.1 Å². The zero-order valence-electron chi connectivity index (χ0n) is 9.12. The maximum Gasteiger partial charge on any atom is 0.250 e. The maximum atomic E-state index is 11.1. The number of anilines is 1. The van der Waals surface area contributed by atoms with Gasteiger partial charge in [-0.3, -0.25) is 4.79 Å². The van der Waals surface area contributed by atoms with Crippen molar-refractivity contribution in [3.63, 3.8) is 0 Å². The smallest absolute Gasteiger partial charge is 0.250 e. The molecular formula is C10H11N5OS. The van der Waals surface area contributed by atoms with Crippen molar-refractivity contribution in [1.82, 2.24) is 14.8 Å². The summed E-state index contributed by atoms with van der Waals surface area (Å²) in [7, 11) is 1.78. The van der Waals surface area contributed by atoms with Crippen LogP contribution in [0.1, 0.15) is 10.4 Å². The number of nitrogens with zero attached hydrogens (tertiary/aromatic N) is 3. The molecule has 6 nitrogen and oxygen atoms in total. The van der Waals surface area contributed by atoms with Gasteiger partial charge in [-0.1, -0.05) is 6.07 Å². The average molecular weight is 249 g/mol. The third kappa shape index (κ3) is 2.23. The van der Waals surface area contributed by atoms with Gasteiger partial charge in [-0.25, -0.2) is 9.67 Å². The molecule has 0 aliphatic heterocycles. The van der Waals surface area contributed by atoms with Gasteiger partial charge < -0.3 is 11.5 Å². The van der Waals surface area contributed by atoms with Crippen molar-refractivity contribution in [2.45, 2.75) is 10.1 Å². The number of benzene rings is 1. The Bertz CT molecular complexity index is 566. The molecule has 1 aromatic carbocycles. The zero-order valence-corrected chi connectivity index (χ0v) is 9.94. The van der Waals surface area contributed by atoms with Crippen LogP contribution in [0.4, 0.5) is 5.69 Å². The average Bonchev–Trinajstić information content (AvgIpc) is 2.67. The Kier molecular flexibility index (Phi) is 3.01. The van der Waals surface area contributed by atoms with Gasteiger partial charge in [0.25, 0.3) is 5.91 Å². The van der Waals surface area contributed by atoms with E-state index in [2.05, 4.69) is 10.1 Å². The van der Waals surface area contributed by atoms with Crippen molar-refractivity contribution in [1.29, 1.82) is 0 Å². The highest BCUT2D eigenvalue weighted by atomic mass is 32.2. The minimum Gasteiger partial charge on any atom is -0.397 e. The zero-order chi connectivity index (χ0) is 12.4. The molecule has 0 unspecified atom stereocenters. The molecule has 0 atom stereocenters. The SMILES string of the molecule is Cn1ncnc1Sc1cccc(C(N)=O)c1N. The summed E-state index contributed by atoms with van der Waals surface area (Å²) < 4.78 is 1.63. The van der Waals surface area contributed by atoms with Gasteiger partial charge in [0.1, 0.15) is 6.33 Å². The largest absolute Gasteiger partial charge is 0.397 e. The number of aromatic nitrogens is 3. The number of carbonyl (C=O) groups is 1. The van der Waals surface area contributed by atoms with E-state index in [9.17, 15) is 4.79 Å². The van der Waals surface area contributed by atoms with E-state index in [1.165, 1.54) is 18.1 Å². The molecule has 17 heavy (non-hydrogen) atoms. The number of carbonyl (C=O) groups excluding carboxylic acids is 1. The normalized spacial score (nSPS) is 10.4. The van der Waals surface area contributed by atoms with E-state index in [-0.39, 0.29) is 0 Å². The van der Waals surface area contributed by atoms with Crippen molar-refractivity contribution >= 4 is 23.4 Å². The molecule has 0 saturated carbocycles. The standard InChI is InChI=1S/C10H11N5OS/c1-15-10(13-5-14-15)17-7-4-2-3-6(8(7)11)9(12)16/h2-5H,11H2,1H3,(H2,12,16). The molecule has 0 bridgehead atoms. The Labute approximate surface area is 102 Å². The molecule has 7 heteroatoms. The van der Waals surface area contributed by atoms with Crippen LogP contribution >= 0.6 is 11.8 Å². The van der Waals surface area contributed by atoms with Gasteiger partial charge in [0.15, 0.2) is 5.16 Å². The first kappa shape index (κ1) is 11.5. The Hall–Kier alpha value is -2.02. The van der Waals surface area contributed by atoms with Gasteiger partial charge in [0.2, 0.25) is 0 Å². The van der Waals surface area contributed by atoms with E-state index in [4.69, 9.17) is 11.5 Å². The molecule has 2 aromatic rings. The number of aryl methyl sites for hydroxylation is 1. The van der Waals surface area contributed by atoms with Gasteiger partial charge in [-0.15, -0.1) is 0 Å². The summed E-state index contributed by atoms with van der Waals surface area (Å²) in [5.41, 5.74) is 11.8. The minimum atomic E-state index is -0.539. The summed E-state index contributed by atoms with van der Waals surface area (Å²) in [6.07, 6.45) is 1.45. The second kappa shape index (κ2) is 4.46. The molecular weight excluding hydrogens is 238 g/mol. The molecule has 0 spiro atoms. The summed E-state index contributed by atoms with van der Waals surface area (Å²) in [4.78, 5) is 15.9. The van der Waals surface area contributed by atoms with Gasteiger partial charge in [0, 0.05) is 11.9 Å². The Morgan fingerprint density at radius 1 is 1.47 bits per heavy atom. The molecule has 0 fully saturated rings. The molecule has 88 valence electrons. The number of hydrogen-bond donors (Lipinski definition) is 2. The molecule has 4 N–H and O–H groups in total. The van der Waals surface area contributed by atoms with E-state index in [0.717, 1.165) is 4.90 Å².